The smallest absolute Gasteiger partial charge is 0.266 e. The molecule has 1 saturated heterocycles. The van der Waals surface area contributed by atoms with E-state index < -0.39 is 0 Å². The van der Waals surface area contributed by atoms with Crippen molar-refractivity contribution in [3.63, 3.8) is 0 Å². The van der Waals surface area contributed by atoms with Crippen LogP contribution >= 0.6 is 24.0 Å². The number of thioether (sulfide) groups is 1. The predicted octanol–water partition coefficient (Wildman–Crippen LogP) is 4.20. The minimum atomic E-state index is -0.228. The SMILES string of the molecule is COc1ccc2occ(C=C3SC(=S)N(Cc4ccccc4)C3=O)c(=O)c2c1. The van der Waals surface area contributed by atoms with Crippen molar-refractivity contribution in [1.29, 1.82) is 0 Å². The minimum absolute atomic E-state index is 0.219. The Morgan fingerprint density at radius 3 is 2.71 bits per heavy atom. The van der Waals surface area contributed by atoms with Crippen LogP contribution in [-0.4, -0.2) is 22.2 Å². The molecule has 1 aliphatic heterocycles. The zero-order valence-electron chi connectivity index (χ0n) is 14.9. The summed E-state index contributed by atoms with van der Waals surface area (Å²) in [6, 6.07) is 14.6. The third-order valence-electron chi connectivity index (χ3n) is 4.35. The van der Waals surface area contributed by atoms with Gasteiger partial charge in [-0.1, -0.05) is 54.3 Å². The first kappa shape index (κ1) is 18.5. The molecule has 0 N–H and O–H groups in total. The second kappa shape index (κ2) is 7.61. The van der Waals surface area contributed by atoms with Gasteiger partial charge in [0, 0.05) is 0 Å². The largest absolute Gasteiger partial charge is 0.497 e. The van der Waals surface area contributed by atoms with E-state index in [0.29, 0.717) is 38.1 Å². The Balaban J connectivity index is 1.67. The van der Waals surface area contributed by atoms with Crippen LogP contribution in [0.25, 0.3) is 17.0 Å². The van der Waals surface area contributed by atoms with E-state index in [4.69, 9.17) is 21.4 Å². The summed E-state index contributed by atoms with van der Waals surface area (Å²) in [6.45, 7) is 0.395. The molecule has 0 radical (unpaired) electrons. The van der Waals surface area contributed by atoms with Gasteiger partial charge in [0.2, 0.25) is 0 Å². The summed E-state index contributed by atoms with van der Waals surface area (Å²) >= 11 is 6.54. The Kier molecular flexibility index (Phi) is 5.02. The number of rotatable bonds is 4. The van der Waals surface area contributed by atoms with E-state index in [0.717, 1.165) is 5.56 Å². The third kappa shape index (κ3) is 3.46. The lowest BCUT2D eigenvalue weighted by Gasteiger charge is -2.14. The van der Waals surface area contributed by atoms with Crippen LogP contribution in [0.1, 0.15) is 11.1 Å². The van der Waals surface area contributed by atoms with Gasteiger partial charge >= 0.3 is 0 Å². The fourth-order valence-corrected chi connectivity index (χ4v) is 4.14. The van der Waals surface area contributed by atoms with Crippen LogP contribution in [0.2, 0.25) is 0 Å². The first-order valence-corrected chi connectivity index (χ1v) is 9.68. The van der Waals surface area contributed by atoms with Crippen LogP contribution in [0, 0.1) is 0 Å². The van der Waals surface area contributed by atoms with Gasteiger partial charge in [-0.25, -0.2) is 0 Å². The zero-order chi connectivity index (χ0) is 19.7. The first-order valence-electron chi connectivity index (χ1n) is 8.45. The van der Waals surface area contributed by atoms with Crippen molar-refractivity contribution < 1.29 is 13.9 Å². The fourth-order valence-electron chi connectivity index (χ4n) is 2.90. The molecule has 1 aliphatic rings. The molecule has 0 unspecified atom stereocenters. The molecule has 0 spiro atoms. The van der Waals surface area contributed by atoms with E-state index in [9.17, 15) is 9.59 Å². The summed E-state index contributed by atoms with van der Waals surface area (Å²) < 4.78 is 11.2. The monoisotopic (exact) mass is 409 g/mol. The summed E-state index contributed by atoms with van der Waals surface area (Å²) in [7, 11) is 1.53. The molecule has 2 heterocycles. The molecule has 1 aromatic heterocycles. The van der Waals surface area contributed by atoms with Crippen molar-refractivity contribution in [3.8, 4) is 5.75 Å². The van der Waals surface area contributed by atoms with E-state index in [1.54, 1.807) is 18.2 Å². The summed E-state index contributed by atoms with van der Waals surface area (Å²) in [5.74, 6) is 0.343. The molecule has 4 rings (SSSR count). The second-order valence-electron chi connectivity index (χ2n) is 6.14. The normalized spacial score (nSPS) is 15.6. The number of nitrogens with zero attached hydrogens (tertiary/aromatic N) is 1. The predicted molar refractivity (Wildman–Crippen MR) is 114 cm³/mol. The summed E-state index contributed by atoms with van der Waals surface area (Å²) in [5, 5.41) is 0.396. The molecule has 0 bridgehead atoms. The van der Waals surface area contributed by atoms with Crippen molar-refractivity contribution in [3.05, 3.63) is 81.0 Å². The van der Waals surface area contributed by atoms with Crippen molar-refractivity contribution in [1.82, 2.24) is 4.90 Å². The van der Waals surface area contributed by atoms with E-state index in [-0.39, 0.29) is 11.3 Å². The fraction of sp³-hybridized carbons (Fsp3) is 0.0952. The van der Waals surface area contributed by atoms with Crippen LogP contribution in [-0.2, 0) is 11.3 Å². The average Bonchev–Trinajstić information content (AvgIpc) is 2.98. The number of carbonyl (C=O) groups excluding carboxylic acids is 1. The van der Waals surface area contributed by atoms with Gasteiger partial charge in [0.15, 0.2) is 5.43 Å². The zero-order valence-corrected chi connectivity index (χ0v) is 16.5. The summed E-state index contributed by atoms with van der Waals surface area (Å²) in [5.41, 5.74) is 1.51. The van der Waals surface area contributed by atoms with E-state index in [1.807, 2.05) is 30.3 Å². The molecule has 28 heavy (non-hydrogen) atoms. The molecule has 5 nitrogen and oxygen atoms in total. The number of benzene rings is 2. The molecule has 1 amide bonds. The van der Waals surface area contributed by atoms with Gasteiger partial charge in [-0.05, 0) is 29.8 Å². The summed E-state index contributed by atoms with van der Waals surface area (Å²) in [6.07, 6.45) is 2.90. The van der Waals surface area contributed by atoms with Crippen molar-refractivity contribution in [2.24, 2.45) is 0 Å². The maximum absolute atomic E-state index is 12.8. The minimum Gasteiger partial charge on any atom is -0.497 e. The molecule has 140 valence electrons. The quantitative estimate of drug-likeness (QED) is 0.475. The number of carbonyl (C=O) groups is 1. The lowest BCUT2D eigenvalue weighted by molar-refractivity contribution is -0.122. The highest BCUT2D eigenvalue weighted by molar-refractivity contribution is 8.26. The first-order chi connectivity index (χ1) is 13.6. The number of hydrogen-bond donors (Lipinski definition) is 0. The molecule has 2 aromatic carbocycles. The van der Waals surface area contributed by atoms with Crippen molar-refractivity contribution in [2.75, 3.05) is 7.11 Å². The Bertz CT molecular complexity index is 1170. The van der Waals surface area contributed by atoms with E-state index in [2.05, 4.69) is 0 Å². The highest BCUT2D eigenvalue weighted by Gasteiger charge is 2.32. The summed E-state index contributed by atoms with van der Waals surface area (Å²) in [4.78, 5) is 27.5. The lowest BCUT2D eigenvalue weighted by atomic mass is 10.1. The highest BCUT2D eigenvalue weighted by Crippen LogP contribution is 2.33. The number of amides is 1. The molecule has 0 saturated carbocycles. The molecular weight excluding hydrogens is 394 g/mol. The van der Waals surface area contributed by atoms with Crippen LogP contribution in [0.3, 0.4) is 0 Å². The van der Waals surface area contributed by atoms with Crippen molar-refractivity contribution in [2.45, 2.75) is 6.54 Å². The Morgan fingerprint density at radius 2 is 1.96 bits per heavy atom. The highest BCUT2D eigenvalue weighted by atomic mass is 32.2. The van der Waals surface area contributed by atoms with E-state index >= 15 is 0 Å². The van der Waals surface area contributed by atoms with Crippen LogP contribution in [0.4, 0.5) is 0 Å². The maximum atomic E-state index is 12.8. The molecule has 3 aromatic rings. The number of methoxy groups -OCH3 is 1. The molecular formula is C21H15NO4S2. The van der Waals surface area contributed by atoms with Gasteiger partial charge < -0.3 is 9.15 Å². The number of thiocarbonyl (C=S) groups is 1. The lowest BCUT2D eigenvalue weighted by Crippen LogP contribution is -2.27. The van der Waals surface area contributed by atoms with Crippen molar-refractivity contribution >= 4 is 51.3 Å². The Hall–Kier alpha value is -2.90. The maximum Gasteiger partial charge on any atom is 0.266 e. The van der Waals surface area contributed by atoms with Gasteiger partial charge in [-0.2, -0.15) is 0 Å². The molecule has 0 atom stereocenters. The Morgan fingerprint density at radius 1 is 1.18 bits per heavy atom. The van der Waals surface area contributed by atoms with Gasteiger partial charge in [0.1, 0.15) is 21.9 Å². The van der Waals surface area contributed by atoms with Crippen LogP contribution in [0.15, 0.2) is 68.9 Å². The topological polar surface area (TPSA) is 59.8 Å². The third-order valence-corrected chi connectivity index (χ3v) is 5.73. The number of fused-ring (bicyclic) bond motifs is 1. The van der Waals surface area contributed by atoms with Crippen LogP contribution < -0.4 is 10.2 Å². The van der Waals surface area contributed by atoms with Gasteiger partial charge in [-0.15, -0.1) is 0 Å². The van der Waals surface area contributed by atoms with Gasteiger partial charge in [0.25, 0.3) is 5.91 Å². The van der Waals surface area contributed by atoms with Crippen LogP contribution in [0.5, 0.6) is 5.75 Å². The second-order valence-corrected chi connectivity index (χ2v) is 7.81. The Labute approximate surface area is 170 Å². The van der Waals surface area contributed by atoms with E-state index in [1.165, 1.54) is 36.1 Å². The number of ether oxygens (including phenoxy) is 1. The average molecular weight is 409 g/mol. The molecule has 0 aliphatic carbocycles. The van der Waals surface area contributed by atoms with Gasteiger partial charge in [0.05, 0.1) is 29.5 Å². The standard InChI is InChI=1S/C21H15NO4S2/c1-25-15-7-8-17-16(10-15)19(23)14(12-26-17)9-18-20(24)22(21(27)28-18)11-13-5-3-2-4-6-13/h2-10,12H,11H2,1H3. The van der Waals surface area contributed by atoms with Gasteiger partial charge in [-0.3, -0.25) is 14.5 Å². The molecule has 1 fully saturated rings. The number of hydrogen-bond acceptors (Lipinski definition) is 6. The molecule has 7 heteroatoms.